The highest BCUT2D eigenvalue weighted by molar-refractivity contribution is 5.02. The zero-order valence-corrected chi connectivity index (χ0v) is 11.0. The Morgan fingerprint density at radius 1 is 1.26 bits per heavy atom. The van der Waals surface area contributed by atoms with E-state index in [4.69, 9.17) is 4.52 Å². The summed E-state index contributed by atoms with van der Waals surface area (Å²) in [5.74, 6) is 1.03. The largest absolute Gasteiger partial charge is 0.338 e. The van der Waals surface area contributed by atoms with Crippen LogP contribution in [0.3, 0.4) is 0 Å². The summed E-state index contributed by atoms with van der Waals surface area (Å²) in [6, 6.07) is 1.42. The molecule has 2 aromatic rings. The lowest BCUT2D eigenvalue weighted by Gasteiger charge is -2.09. The van der Waals surface area contributed by atoms with E-state index in [1.807, 2.05) is 0 Å². The molecule has 0 aliphatic rings. The second-order valence-electron chi connectivity index (χ2n) is 4.21. The summed E-state index contributed by atoms with van der Waals surface area (Å²) in [7, 11) is 3.07. The van der Waals surface area contributed by atoms with Gasteiger partial charge in [0.2, 0.25) is 5.89 Å². The Bertz CT molecular complexity index is 697. The van der Waals surface area contributed by atoms with Crippen LogP contribution in [-0.2, 0) is 27.2 Å². The predicted molar refractivity (Wildman–Crippen MR) is 66.5 cm³/mol. The summed E-state index contributed by atoms with van der Waals surface area (Å²) in [4.78, 5) is 27.3. The monoisotopic (exact) mass is 265 g/mol. The molecule has 0 bridgehead atoms. The molecule has 0 saturated heterocycles. The van der Waals surface area contributed by atoms with Gasteiger partial charge in [-0.3, -0.25) is 13.9 Å². The number of aryl methyl sites for hydroxylation is 1. The molecule has 0 aliphatic heterocycles. The van der Waals surface area contributed by atoms with E-state index in [1.54, 1.807) is 14.0 Å². The Morgan fingerprint density at radius 2 is 2.00 bits per heavy atom. The molecule has 0 radical (unpaired) electrons. The van der Waals surface area contributed by atoms with Crippen molar-refractivity contribution in [1.29, 1.82) is 0 Å². The number of nitrogens with zero attached hydrogens (tertiary/aromatic N) is 4. The number of nitrogens with one attached hydrogen (secondary N) is 1. The molecular formula is C11H15N5O3. The number of rotatable bonds is 4. The van der Waals surface area contributed by atoms with E-state index in [2.05, 4.69) is 15.5 Å². The van der Waals surface area contributed by atoms with Crippen LogP contribution in [0.4, 0.5) is 0 Å². The van der Waals surface area contributed by atoms with Crippen LogP contribution in [0.15, 0.2) is 20.2 Å². The van der Waals surface area contributed by atoms with E-state index in [1.165, 1.54) is 17.7 Å². The summed E-state index contributed by atoms with van der Waals surface area (Å²) < 4.78 is 7.43. The van der Waals surface area contributed by atoms with Crippen LogP contribution in [0.25, 0.3) is 0 Å². The van der Waals surface area contributed by atoms with Crippen molar-refractivity contribution in [2.45, 2.75) is 20.0 Å². The van der Waals surface area contributed by atoms with Gasteiger partial charge in [0.25, 0.3) is 5.56 Å². The van der Waals surface area contributed by atoms with Crippen LogP contribution >= 0.6 is 0 Å². The van der Waals surface area contributed by atoms with Gasteiger partial charge in [0.05, 0.1) is 6.54 Å². The van der Waals surface area contributed by atoms with E-state index in [0.717, 1.165) is 4.57 Å². The smallest absolute Gasteiger partial charge is 0.330 e. The lowest BCUT2D eigenvalue weighted by Crippen LogP contribution is -2.39. The van der Waals surface area contributed by atoms with E-state index in [0.29, 0.717) is 30.5 Å². The first-order valence-corrected chi connectivity index (χ1v) is 5.75. The quantitative estimate of drug-likeness (QED) is 0.767. The molecule has 2 rings (SSSR count). The second kappa shape index (κ2) is 5.19. The van der Waals surface area contributed by atoms with Gasteiger partial charge < -0.3 is 9.84 Å². The first-order valence-electron chi connectivity index (χ1n) is 5.75. The highest BCUT2D eigenvalue weighted by Gasteiger charge is 2.06. The molecule has 0 fully saturated rings. The zero-order valence-electron chi connectivity index (χ0n) is 11.0. The third kappa shape index (κ3) is 2.79. The van der Waals surface area contributed by atoms with E-state index in [9.17, 15) is 9.59 Å². The maximum atomic E-state index is 11.7. The lowest BCUT2D eigenvalue weighted by atomic mass is 10.3. The molecule has 8 heteroatoms. The van der Waals surface area contributed by atoms with Crippen LogP contribution in [-0.4, -0.2) is 19.3 Å². The molecule has 8 nitrogen and oxygen atoms in total. The van der Waals surface area contributed by atoms with Crippen molar-refractivity contribution in [3.63, 3.8) is 0 Å². The molecule has 1 N–H and O–H groups in total. The zero-order chi connectivity index (χ0) is 14.0. The van der Waals surface area contributed by atoms with Crippen molar-refractivity contribution < 1.29 is 4.52 Å². The van der Waals surface area contributed by atoms with Gasteiger partial charge in [0.1, 0.15) is 0 Å². The van der Waals surface area contributed by atoms with Gasteiger partial charge in [-0.2, -0.15) is 4.98 Å². The third-order valence-electron chi connectivity index (χ3n) is 2.78. The van der Waals surface area contributed by atoms with Gasteiger partial charge in [-0.15, -0.1) is 0 Å². The SMILES string of the molecule is Cc1noc(CNCc2cc(=O)n(C)c(=O)n2C)n1. The van der Waals surface area contributed by atoms with Crippen molar-refractivity contribution in [2.24, 2.45) is 14.1 Å². The minimum absolute atomic E-state index is 0.325. The number of hydrogen-bond donors (Lipinski definition) is 1. The topological polar surface area (TPSA) is 95.0 Å². The first-order chi connectivity index (χ1) is 8.99. The van der Waals surface area contributed by atoms with Gasteiger partial charge in [0, 0.05) is 32.4 Å². The molecule has 19 heavy (non-hydrogen) atoms. The fourth-order valence-electron chi connectivity index (χ4n) is 1.66. The molecule has 0 saturated carbocycles. The Labute approximate surface area is 108 Å². The standard InChI is InChI=1S/C11H15N5O3/c1-7-13-9(19-14-7)6-12-5-8-4-10(17)16(3)11(18)15(8)2/h4,12H,5-6H2,1-3H3. The molecule has 0 unspecified atom stereocenters. The Balaban J connectivity index is 2.08. The van der Waals surface area contributed by atoms with Gasteiger partial charge in [0.15, 0.2) is 5.82 Å². The van der Waals surface area contributed by atoms with Crippen LogP contribution in [0.2, 0.25) is 0 Å². The molecular weight excluding hydrogens is 250 g/mol. The minimum atomic E-state index is -0.349. The Kier molecular flexibility index (Phi) is 3.61. The summed E-state index contributed by atoms with van der Waals surface area (Å²) in [5, 5.41) is 6.71. The first kappa shape index (κ1) is 13.2. The van der Waals surface area contributed by atoms with Crippen molar-refractivity contribution in [2.75, 3.05) is 0 Å². The van der Waals surface area contributed by atoms with Crippen molar-refractivity contribution >= 4 is 0 Å². The maximum absolute atomic E-state index is 11.7. The molecule has 0 aromatic carbocycles. The van der Waals surface area contributed by atoms with Crippen LogP contribution < -0.4 is 16.6 Å². The molecule has 2 aromatic heterocycles. The molecule has 0 spiro atoms. The molecule has 0 atom stereocenters. The van der Waals surface area contributed by atoms with Crippen LogP contribution in [0.5, 0.6) is 0 Å². The van der Waals surface area contributed by atoms with Crippen LogP contribution in [0, 0.1) is 6.92 Å². The van der Waals surface area contributed by atoms with Gasteiger partial charge in [-0.05, 0) is 6.92 Å². The molecule has 0 aliphatic carbocycles. The number of aromatic nitrogens is 4. The van der Waals surface area contributed by atoms with E-state index in [-0.39, 0.29) is 11.2 Å². The Hall–Kier alpha value is -2.22. The normalized spacial score (nSPS) is 10.9. The third-order valence-corrected chi connectivity index (χ3v) is 2.78. The predicted octanol–water partition coefficient (Wildman–Crippen LogP) is -0.935. The second-order valence-corrected chi connectivity index (χ2v) is 4.21. The summed E-state index contributed by atoms with van der Waals surface area (Å²) in [6.07, 6.45) is 0. The summed E-state index contributed by atoms with van der Waals surface area (Å²) in [6.45, 7) is 2.48. The fourth-order valence-corrected chi connectivity index (χ4v) is 1.66. The average Bonchev–Trinajstić information content (AvgIpc) is 2.79. The Morgan fingerprint density at radius 3 is 2.63 bits per heavy atom. The minimum Gasteiger partial charge on any atom is -0.338 e. The lowest BCUT2D eigenvalue weighted by molar-refractivity contribution is 0.363. The number of hydrogen-bond acceptors (Lipinski definition) is 6. The van der Waals surface area contributed by atoms with E-state index < -0.39 is 0 Å². The average molecular weight is 265 g/mol. The highest BCUT2D eigenvalue weighted by Crippen LogP contribution is 1.96. The van der Waals surface area contributed by atoms with Crippen molar-refractivity contribution in [1.82, 2.24) is 24.6 Å². The fraction of sp³-hybridized carbons (Fsp3) is 0.455. The molecule has 0 amide bonds. The summed E-state index contributed by atoms with van der Waals surface area (Å²) >= 11 is 0. The van der Waals surface area contributed by atoms with Crippen molar-refractivity contribution in [3.8, 4) is 0 Å². The molecule has 102 valence electrons. The molecule has 2 heterocycles. The van der Waals surface area contributed by atoms with Crippen molar-refractivity contribution in [3.05, 3.63) is 44.3 Å². The van der Waals surface area contributed by atoms with Gasteiger partial charge >= 0.3 is 5.69 Å². The maximum Gasteiger partial charge on any atom is 0.330 e. The van der Waals surface area contributed by atoms with Gasteiger partial charge in [-0.25, -0.2) is 4.79 Å². The highest BCUT2D eigenvalue weighted by atomic mass is 16.5. The van der Waals surface area contributed by atoms with Gasteiger partial charge in [-0.1, -0.05) is 5.16 Å². The van der Waals surface area contributed by atoms with E-state index >= 15 is 0 Å². The van der Waals surface area contributed by atoms with Crippen LogP contribution in [0.1, 0.15) is 17.4 Å². The summed E-state index contributed by atoms with van der Waals surface area (Å²) in [5.41, 5.74) is -0.0733.